The fourth-order valence-corrected chi connectivity index (χ4v) is 4.81. The number of ether oxygens (including phenoxy) is 1. The van der Waals surface area contributed by atoms with Crippen LogP contribution in [0.4, 0.5) is 0 Å². The van der Waals surface area contributed by atoms with E-state index in [4.69, 9.17) is 27.9 Å². The molecule has 172 valence electrons. The second-order valence-electron chi connectivity index (χ2n) is 8.75. The van der Waals surface area contributed by atoms with Crippen LogP contribution in [0.25, 0.3) is 0 Å². The first-order valence-electron chi connectivity index (χ1n) is 11.4. The molecule has 2 atom stereocenters. The number of nitrogens with zero attached hydrogens (tertiary/aromatic N) is 2. The summed E-state index contributed by atoms with van der Waals surface area (Å²) in [6.45, 7) is 6.94. The quantitative estimate of drug-likeness (QED) is 0.665. The number of piperidine rings is 1. The topological polar surface area (TPSA) is 44.8 Å². The number of morpholine rings is 1. The zero-order valence-corrected chi connectivity index (χ0v) is 20.0. The highest BCUT2D eigenvalue weighted by molar-refractivity contribution is 6.42. The Bertz CT molecular complexity index is 903. The third-order valence-corrected chi connectivity index (χ3v) is 7.26. The average Bonchev–Trinajstić information content (AvgIpc) is 2.82. The Kier molecular flexibility index (Phi) is 8.08. The van der Waals surface area contributed by atoms with E-state index in [2.05, 4.69) is 39.4 Å². The fourth-order valence-electron chi connectivity index (χ4n) is 4.50. The fraction of sp³-hybridized carbons (Fsp3) is 0.480. The second-order valence-corrected chi connectivity index (χ2v) is 9.56. The molecule has 0 spiro atoms. The van der Waals surface area contributed by atoms with E-state index in [-0.39, 0.29) is 24.1 Å². The maximum absolute atomic E-state index is 13.0. The largest absolute Gasteiger partial charge is 0.371 e. The molecule has 32 heavy (non-hydrogen) atoms. The van der Waals surface area contributed by atoms with Crippen LogP contribution in [0.2, 0.25) is 10.0 Å². The van der Waals surface area contributed by atoms with Gasteiger partial charge >= 0.3 is 0 Å². The number of carbonyl (C=O) groups excluding carboxylic acids is 1. The monoisotopic (exact) mass is 475 g/mol. The Hall–Kier alpha value is -1.63. The number of hydrogen-bond acceptors (Lipinski definition) is 4. The van der Waals surface area contributed by atoms with Crippen LogP contribution in [-0.2, 0) is 16.1 Å². The van der Waals surface area contributed by atoms with Crippen molar-refractivity contribution in [2.24, 2.45) is 0 Å². The second kappa shape index (κ2) is 11.0. The maximum Gasteiger partial charge on any atom is 0.237 e. The molecule has 0 bridgehead atoms. The molecule has 4 rings (SSSR count). The predicted molar refractivity (Wildman–Crippen MR) is 129 cm³/mol. The Labute approximate surface area is 200 Å². The molecule has 0 saturated carbocycles. The Morgan fingerprint density at radius 3 is 2.56 bits per heavy atom. The summed E-state index contributed by atoms with van der Waals surface area (Å²) in [6.07, 6.45) is 1.86. The molecular weight excluding hydrogens is 445 g/mol. The Morgan fingerprint density at radius 1 is 1.09 bits per heavy atom. The third-order valence-electron chi connectivity index (χ3n) is 6.52. The number of halogens is 2. The van der Waals surface area contributed by atoms with Gasteiger partial charge < -0.3 is 10.1 Å². The van der Waals surface area contributed by atoms with Gasteiger partial charge in [0.25, 0.3) is 0 Å². The van der Waals surface area contributed by atoms with Crippen molar-refractivity contribution in [1.82, 2.24) is 15.1 Å². The van der Waals surface area contributed by atoms with E-state index in [1.54, 1.807) is 6.07 Å². The van der Waals surface area contributed by atoms with Gasteiger partial charge in [0.2, 0.25) is 5.91 Å². The lowest BCUT2D eigenvalue weighted by Crippen LogP contribution is -2.53. The van der Waals surface area contributed by atoms with Crippen LogP contribution in [0.5, 0.6) is 0 Å². The summed E-state index contributed by atoms with van der Waals surface area (Å²) in [6, 6.07) is 16.2. The van der Waals surface area contributed by atoms with Gasteiger partial charge in [0.1, 0.15) is 0 Å². The Balaban J connectivity index is 1.26. The highest BCUT2D eigenvalue weighted by Gasteiger charge is 2.30. The van der Waals surface area contributed by atoms with Gasteiger partial charge in [0.15, 0.2) is 0 Å². The highest BCUT2D eigenvalue weighted by atomic mass is 35.5. The predicted octanol–water partition coefficient (Wildman–Crippen LogP) is 4.54. The lowest BCUT2D eigenvalue weighted by Gasteiger charge is -2.38. The molecule has 2 unspecified atom stereocenters. The lowest BCUT2D eigenvalue weighted by molar-refractivity contribution is -0.130. The van der Waals surface area contributed by atoms with Crippen molar-refractivity contribution in [3.8, 4) is 0 Å². The molecule has 2 aromatic rings. The van der Waals surface area contributed by atoms with Crippen molar-refractivity contribution in [2.45, 2.75) is 44.5 Å². The molecule has 7 heteroatoms. The van der Waals surface area contributed by atoms with Crippen molar-refractivity contribution in [3.63, 3.8) is 0 Å². The summed E-state index contributed by atoms with van der Waals surface area (Å²) in [5, 5.41) is 4.34. The van der Waals surface area contributed by atoms with Crippen LogP contribution in [-0.4, -0.2) is 60.6 Å². The Morgan fingerprint density at radius 2 is 1.84 bits per heavy atom. The molecule has 0 aliphatic carbocycles. The van der Waals surface area contributed by atoms with Crippen molar-refractivity contribution in [1.29, 1.82) is 0 Å². The van der Waals surface area contributed by atoms with E-state index in [9.17, 15) is 4.79 Å². The standard InChI is InChI=1S/C25H31Cl2N3O2/c1-18(30-13-14-32-24(17-30)20-7-8-22(26)23(27)15-20)25(31)28-21-9-11-29(12-10-21)16-19-5-3-2-4-6-19/h2-8,15,18,21,24H,9-14,16-17H2,1H3,(H,28,31). The third kappa shape index (κ3) is 6.03. The highest BCUT2D eigenvalue weighted by Crippen LogP contribution is 2.29. The molecule has 2 heterocycles. The van der Waals surface area contributed by atoms with E-state index >= 15 is 0 Å². The minimum atomic E-state index is -0.202. The smallest absolute Gasteiger partial charge is 0.237 e. The van der Waals surface area contributed by atoms with E-state index in [1.807, 2.05) is 25.1 Å². The average molecular weight is 476 g/mol. The minimum Gasteiger partial charge on any atom is -0.371 e. The number of amides is 1. The molecule has 2 aromatic carbocycles. The molecule has 1 amide bonds. The van der Waals surface area contributed by atoms with Crippen LogP contribution >= 0.6 is 23.2 Å². The van der Waals surface area contributed by atoms with Gasteiger partial charge in [-0.2, -0.15) is 0 Å². The summed E-state index contributed by atoms with van der Waals surface area (Å²) in [5.41, 5.74) is 2.33. The van der Waals surface area contributed by atoms with Crippen molar-refractivity contribution in [3.05, 3.63) is 69.7 Å². The SMILES string of the molecule is CC(C(=O)NC1CCN(Cc2ccccc2)CC1)N1CCOC(c2ccc(Cl)c(Cl)c2)C1. The van der Waals surface area contributed by atoms with E-state index in [0.717, 1.165) is 44.6 Å². The number of rotatable bonds is 6. The van der Waals surface area contributed by atoms with Gasteiger partial charge in [-0.3, -0.25) is 14.6 Å². The van der Waals surface area contributed by atoms with Crippen molar-refractivity contribution >= 4 is 29.1 Å². The molecule has 0 radical (unpaired) electrons. The maximum atomic E-state index is 13.0. The normalized spacial score (nSPS) is 21.9. The van der Waals surface area contributed by atoms with Gasteiger partial charge in [-0.1, -0.05) is 59.6 Å². The van der Waals surface area contributed by atoms with E-state index in [0.29, 0.717) is 23.2 Å². The number of nitrogens with one attached hydrogen (secondary N) is 1. The zero-order chi connectivity index (χ0) is 22.5. The van der Waals surface area contributed by atoms with Gasteiger partial charge in [-0.05, 0) is 43.0 Å². The minimum absolute atomic E-state index is 0.0984. The number of carbonyl (C=O) groups is 1. The molecule has 2 saturated heterocycles. The molecule has 0 aromatic heterocycles. The van der Waals surface area contributed by atoms with Crippen molar-refractivity contribution in [2.75, 3.05) is 32.8 Å². The van der Waals surface area contributed by atoms with Crippen LogP contribution in [0.1, 0.15) is 37.0 Å². The lowest BCUT2D eigenvalue weighted by atomic mass is 10.0. The molecule has 2 fully saturated rings. The molecule has 2 aliphatic heterocycles. The van der Waals surface area contributed by atoms with E-state index in [1.165, 1.54) is 5.56 Å². The molecular formula is C25H31Cl2N3O2. The number of hydrogen-bond donors (Lipinski definition) is 1. The molecule has 2 aliphatic rings. The van der Waals surface area contributed by atoms with Gasteiger partial charge in [0, 0.05) is 38.8 Å². The summed E-state index contributed by atoms with van der Waals surface area (Å²) in [7, 11) is 0. The molecule has 1 N–H and O–H groups in total. The van der Waals surface area contributed by atoms with Crippen LogP contribution in [0, 0.1) is 0 Å². The summed E-state index contributed by atoms with van der Waals surface area (Å²) >= 11 is 12.2. The summed E-state index contributed by atoms with van der Waals surface area (Å²) < 4.78 is 5.95. The van der Waals surface area contributed by atoms with Crippen LogP contribution in [0.3, 0.4) is 0 Å². The van der Waals surface area contributed by atoms with E-state index < -0.39 is 0 Å². The number of likely N-dealkylation sites (tertiary alicyclic amines) is 1. The first kappa shape index (κ1) is 23.5. The molecule has 5 nitrogen and oxygen atoms in total. The summed E-state index contributed by atoms with van der Waals surface area (Å²) in [5.74, 6) is 0.0984. The van der Waals surface area contributed by atoms with Gasteiger partial charge in [-0.15, -0.1) is 0 Å². The van der Waals surface area contributed by atoms with Crippen molar-refractivity contribution < 1.29 is 9.53 Å². The summed E-state index contributed by atoms with van der Waals surface area (Å²) in [4.78, 5) is 17.6. The van der Waals surface area contributed by atoms with Gasteiger partial charge in [-0.25, -0.2) is 0 Å². The van der Waals surface area contributed by atoms with Gasteiger partial charge in [0.05, 0.1) is 28.8 Å². The van der Waals surface area contributed by atoms with Crippen LogP contribution < -0.4 is 5.32 Å². The first-order chi connectivity index (χ1) is 15.5. The number of benzene rings is 2. The zero-order valence-electron chi connectivity index (χ0n) is 18.5. The van der Waals surface area contributed by atoms with Crippen LogP contribution in [0.15, 0.2) is 48.5 Å². The first-order valence-corrected chi connectivity index (χ1v) is 12.1.